The van der Waals surface area contributed by atoms with E-state index < -0.39 is 15.7 Å². The van der Waals surface area contributed by atoms with Crippen LogP contribution >= 0.6 is 0 Å². The van der Waals surface area contributed by atoms with E-state index in [0.717, 1.165) is 25.7 Å². The van der Waals surface area contributed by atoms with Gasteiger partial charge >= 0.3 is 0 Å². The summed E-state index contributed by atoms with van der Waals surface area (Å²) in [5, 5.41) is 2.53. The number of amides is 1. The monoisotopic (exact) mass is 413 g/mol. The molecule has 1 amide bonds. The predicted molar refractivity (Wildman–Crippen MR) is 108 cm³/mol. The maximum absolute atomic E-state index is 12.0. The molecule has 0 bridgehead atoms. The van der Waals surface area contributed by atoms with Crippen LogP contribution in [-0.2, 0) is 24.4 Å². The van der Waals surface area contributed by atoms with E-state index in [9.17, 15) is 22.6 Å². The standard InChI is InChI=1S/C20H31NO6S/c1-4-20(27-3,16(2)22)15-11-7-5-6-8-14-19(23)21-17-12-9-10-13-18(17)28(24,25)26/h9-10,12-13H,4-8,11,14-15H2,1-3H3,(H,21,23)(H,24,25,26). The van der Waals surface area contributed by atoms with Crippen molar-refractivity contribution >= 4 is 27.5 Å². The summed E-state index contributed by atoms with van der Waals surface area (Å²) < 4.78 is 37.3. The zero-order chi connectivity index (χ0) is 21.2. The number of ether oxygens (including phenoxy) is 1. The normalized spacial score (nSPS) is 13.7. The largest absolute Gasteiger partial charge is 0.370 e. The summed E-state index contributed by atoms with van der Waals surface area (Å²) in [5.41, 5.74) is -0.602. The second kappa shape index (κ2) is 11.3. The first-order valence-corrected chi connectivity index (χ1v) is 11.0. The highest BCUT2D eigenvalue weighted by atomic mass is 32.2. The zero-order valence-electron chi connectivity index (χ0n) is 16.9. The van der Waals surface area contributed by atoms with Crippen LogP contribution in [0.1, 0.15) is 65.2 Å². The Hall–Kier alpha value is -1.77. The summed E-state index contributed by atoms with van der Waals surface area (Å²) in [6.45, 7) is 3.51. The van der Waals surface area contributed by atoms with Crippen molar-refractivity contribution in [2.24, 2.45) is 0 Å². The highest BCUT2D eigenvalue weighted by Crippen LogP contribution is 2.25. The van der Waals surface area contributed by atoms with Crippen LogP contribution in [-0.4, -0.2) is 37.4 Å². The van der Waals surface area contributed by atoms with Crippen molar-refractivity contribution in [1.82, 2.24) is 0 Å². The van der Waals surface area contributed by atoms with Crippen molar-refractivity contribution in [3.8, 4) is 0 Å². The molecule has 2 N–H and O–H groups in total. The summed E-state index contributed by atoms with van der Waals surface area (Å²) in [5.74, 6) is -0.239. The Bertz CT molecular complexity index is 756. The van der Waals surface area contributed by atoms with Crippen molar-refractivity contribution in [3.05, 3.63) is 24.3 Å². The number of hydrogen-bond donors (Lipinski definition) is 2. The van der Waals surface area contributed by atoms with Gasteiger partial charge in [0, 0.05) is 13.5 Å². The molecule has 1 aromatic rings. The molecule has 1 atom stereocenters. The number of anilines is 1. The Kier molecular flexibility index (Phi) is 9.78. The number of benzene rings is 1. The van der Waals surface area contributed by atoms with Crippen LogP contribution in [0.3, 0.4) is 0 Å². The number of nitrogens with one attached hydrogen (secondary N) is 1. The third kappa shape index (κ3) is 7.33. The number of hydrogen-bond acceptors (Lipinski definition) is 5. The lowest BCUT2D eigenvalue weighted by atomic mass is 9.89. The second-order valence-corrected chi connectivity index (χ2v) is 8.29. The lowest BCUT2D eigenvalue weighted by molar-refractivity contribution is -0.140. The molecule has 0 aliphatic rings. The van der Waals surface area contributed by atoms with Gasteiger partial charge in [-0.15, -0.1) is 0 Å². The van der Waals surface area contributed by atoms with Gasteiger partial charge in [0.15, 0.2) is 5.78 Å². The van der Waals surface area contributed by atoms with E-state index >= 15 is 0 Å². The number of para-hydroxylation sites is 1. The Balaban J connectivity index is 2.33. The fraction of sp³-hybridized carbons (Fsp3) is 0.600. The predicted octanol–water partition coefficient (Wildman–Crippen LogP) is 3.99. The molecule has 28 heavy (non-hydrogen) atoms. The van der Waals surface area contributed by atoms with Gasteiger partial charge in [0.05, 0.1) is 5.69 Å². The van der Waals surface area contributed by atoms with E-state index in [2.05, 4.69) is 5.32 Å². The number of carbonyl (C=O) groups excluding carboxylic acids is 2. The lowest BCUT2D eigenvalue weighted by Crippen LogP contribution is -2.38. The molecule has 8 heteroatoms. The van der Waals surface area contributed by atoms with Gasteiger partial charge in [-0.25, -0.2) is 0 Å². The molecule has 0 aliphatic carbocycles. The van der Waals surface area contributed by atoms with Gasteiger partial charge in [0.2, 0.25) is 5.91 Å². The van der Waals surface area contributed by atoms with E-state index in [1.165, 1.54) is 18.2 Å². The van der Waals surface area contributed by atoms with Gasteiger partial charge in [-0.1, -0.05) is 44.7 Å². The van der Waals surface area contributed by atoms with Crippen LogP contribution < -0.4 is 5.32 Å². The van der Waals surface area contributed by atoms with Gasteiger partial charge in [-0.2, -0.15) is 8.42 Å². The minimum atomic E-state index is -4.39. The molecular formula is C20H31NO6S. The first kappa shape index (κ1) is 24.3. The van der Waals surface area contributed by atoms with Crippen molar-refractivity contribution in [1.29, 1.82) is 0 Å². The average molecular weight is 414 g/mol. The molecule has 0 aromatic heterocycles. The van der Waals surface area contributed by atoms with E-state index in [-0.39, 0.29) is 28.7 Å². The average Bonchev–Trinajstić information content (AvgIpc) is 2.63. The van der Waals surface area contributed by atoms with Crippen LogP contribution in [0.4, 0.5) is 5.69 Å². The Morgan fingerprint density at radius 3 is 2.29 bits per heavy atom. The van der Waals surface area contributed by atoms with Gasteiger partial charge in [0.25, 0.3) is 10.1 Å². The molecule has 7 nitrogen and oxygen atoms in total. The molecule has 0 aliphatic heterocycles. The SMILES string of the molecule is CCC(CCCCCCCC(=O)Nc1ccccc1S(=O)(=O)O)(OC)C(C)=O. The Labute approximate surface area is 167 Å². The maximum atomic E-state index is 12.0. The fourth-order valence-corrected chi connectivity index (χ4v) is 3.87. The summed E-state index contributed by atoms with van der Waals surface area (Å²) in [7, 11) is -2.81. The molecule has 0 spiro atoms. The van der Waals surface area contributed by atoms with Gasteiger partial charge in [-0.3, -0.25) is 14.1 Å². The fourth-order valence-electron chi connectivity index (χ4n) is 3.23. The molecule has 1 rings (SSSR count). The van der Waals surface area contributed by atoms with Crippen molar-refractivity contribution in [3.63, 3.8) is 0 Å². The number of methoxy groups -OCH3 is 1. The first-order chi connectivity index (χ1) is 13.2. The molecule has 0 saturated heterocycles. The molecule has 0 heterocycles. The highest BCUT2D eigenvalue weighted by molar-refractivity contribution is 7.86. The van der Waals surface area contributed by atoms with Gasteiger partial charge in [0.1, 0.15) is 10.5 Å². The number of unbranched alkanes of at least 4 members (excludes halogenated alkanes) is 4. The van der Waals surface area contributed by atoms with Crippen LogP contribution in [0, 0.1) is 0 Å². The molecule has 0 radical (unpaired) electrons. The number of carbonyl (C=O) groups is 2. The smallest absolute Gasteiger partial charge is 0.296 e. The van der Waals surface area contributed by atoms with Crippen LogP contribution in [0.25, 0.3) is 0 Å². The Morgan fingerprint density at radius 2 is 1.71 bits per heavy atom. The van der Waals surface area contributed by atoms with E-state index in [1.54, 1.807) is 20.1 Å². The highest BCUT2D eigenvalue weighted by Gasteiger charge is 2.32. The molecule has 0 fully saturated rings. The van der Waals surface area contributed by atoms with E-state index in [4.69, 9.17) is 4.74 Å². The van der Waals surface area contributed by atoms with Crippen molar-refractivity contribution in [2.45, 2.75) is 75.7 Å². The summed E-state index contributed by atoms with van der Waals surface area (Å²) >= 11 is 0. The summed E-state index contributed by atoms with van der Waals surface area (Å²) in [6, 6.07) is 5.73. The van der Waals surface area contributed by atoms with Crippen molar-refractivity contribution in [2.75, 3.05) is 12.4 Å². The Morgan fingerprint density at radius 1 is 1.11 bits per heavy atom. The van der Waals surface area contributed by atoms with Gasteiger partial charge < -0.3 is 10.1 Å². The van der Waals surface area contributed by atoms with E-state index in [0.29, 0.717) is 19.3 Å². The first-order valence-electron chi connectivity index (χ1n) is 9.59. The third-order valence-corrected chi connectivity index (χ3v) is 5.94. The van der Waals surface area contributed by atoms with Crippen LogP contribution in [0.2, 0.25) is 0 Å². The van der Waals surface area contributed by atoms with Crippen LogP contribution in [0.5, 0.6) is 0 Å². The minimum Gasteiger partial charge on any atom is -0.370 e. The minimum absolute atomic E-state index is 0.0549. The number of Topliss-reactive ketones (excluding diaryl/α,β-unsaturated/α-hetero) is 1. The van der Waals surface area contributed by atoms with E-state index in [1.807, 2.05) is 6.92 Å². The number of ketones is 1. The quantitative estimate of drug-likeness (QED) is 0.374. The topological polar surface area (TPSA) is 110 Å². The lowest BCUT2D eigenvalue weighted by Gasteiger charge is -2.28. The molecule has 0 saturated carbocycles. The summed E-state index contributed by atoms with van der Waals surface area (Å²) in [6.07, 6.45) is 5.93. The zero-order valence-corrected chi connectivity index (χ0v) is 17.7. The van der Waals surface area contributed by atoms with Crippen LogP contribution in [0.15, 0.2) is 29.2 Å². The second-order valence-electron chi connectivity index (χ2n) is 6.90. The number of rotatable bonds is 13. The van der Waals surface area contributed by atoms with Crippen molar-refractivity contribution < 1.29 is 27.3 Å². The maximum Gasteiger partial charge on any atom is 0.296 e. The third-order valence-electron chi connectivity index (χ3n) is 5.03. The summed E-state index contributed by atoms with van der Waals surface area (Å²) in [4.78, 5) is 23.5. The molecular weight excluding hydrogens is 382 g/mol. The molecule has 158 valence electrons. The van der Waals surface area contributed by atoms with Gasteiger partial charge in [-0.05, 0) is 38.3 Å². The molecule has 1 aromatic carbocycles. The molecule has 1 unspecified atom stereocenters.